The second kappa shape index (κ2) is 5.96. The Kier molecular flexibility index (Phi) is 3.62. The van der Waals surface area contributed by atoms with Gasteiger partial charge in [0.15, 0.2) is 0 Å². The molecular formula is C19H14N4O3. The average Bonchev–Trinajstić information content (AvgIpc) is 3.01. The lowest BCUT2D eigenvalue weighted by atomic mass is 9.95. The molecule has 7 heteroatoms. The lowest BCUT2D eigenvalue weighted by molar-refractivity contribution is -0.113. The van der Waals surface area contributed by atoms with Crippen LogP contribution in [0.3, 0.4) is 0 Å². The third-order valence-electron chi connectivity index (χ3n) is 4.30. The Hall–Kier alpha value is -3.74. The molecule has 26 heavy (non-hydrogen) atoms. The number of Topliss-reactive ketones (excluding diaryl/α,β-unsaturated/α-hetero) is 1. The molecule has 0 atom stereocenters. The molecule has 0 radical (unpaired) electrons. The standard InChI is InChI=1S/C19H14N4O3/c1-23-14-8-3-2-7-12(14)17(24)15(19(23)26)16-13(18(25)22-21-16)10-11-6-4-5-9-20-11/h2-10,21H,1H3,(H,22,25). The van der Waals surface area contributed by atoms with E-state index >= 15 is 0 Å². The molecule has 1 aliphatic rings. The van der Waals surface area contributed by atoms with E-state index in [0.717, 1.165) is 0 Å². The van der Waals surface area contributed by atoms with Gasteiger partial charge in [-0.3, -0.25) is 29.6 Å². The molecule has 2 aromatic heterocycles. The number of para-hydroxylation sites is 1. The highest BCUT2D eigenvalue weighted by atomic mass is 16.2. The number of carbonyl (C=O) groups excluding carboxylic acids is 2. The van der Waals surface area contributed by atoms with Gasteiger partial charge in [0.05, 0.1) is 21.9 Å². The summed E-state index contributed by atoms with van der Waals surface area (Å²) >= 11 is 0. The van der Waals surface area contributed by atoms with Gasteiger partial charge in [-0.2, -0.15) is 0 Å². The summed E-state index contributed by atoms with van der Waals surface area (Å²) in [7, 11) is 1.60. The number of amides is 1. The van der Waals surface area contributed by atoms with Crippen molar-refractivity contribution in [3.63, 3.8) is 0 Å². The van der Waals surface area contributed by atoms with Crippen LogP contribution in [-0.2, 0) is 4.79 Å². The highest BCUT2D eigenvalue weighted by molar-refractivity contribution is 6.51. The van der Waals surface area contributed by atoms with Crippen LogP contribution < -0.4 is 21.0 Å². The van der Waals surface area contributed by atoms with E-state index in [1.165, 1.54) is 4.90 Å². The number of carbonyl (C=O) groups is 2. The minimum absolute atomic E-state index is 0.0771. The molecule has 3 aromatic rings. The fourth-order valence-electron chi connectivity index (χ4n) is 3.00. The Balaban J connectivity index is 2.06. The fourth-order valence-corrected chi connectivity index (χ4v) is 3.00. The average molecular weight is 346 g/mol. The quantitative estimate of drug-likeness (QED) is 0.645. The molecule has 7 nitrogen and oxygen atoms in total. The van der Waals surface area contributed by atoms with Gasteiger partial charge in [0.1, 0.15) is 5.57 Å². The highest BCUT2D eigenvalue weighted by Crippen LogP contribution is 2.28. The van der Waals surface area contributed by atoms with Crippen LogP contribution in [0, 0.1) is 0 Å². The number of benzene rings is 1. The molecule has 1 aromatic carbocycles. The summed E-state index contributed by atoms with van der Waals surface area (Å²) in [6, 6.07) is 12.1. The van der Waals surface area contributed by atoms with Crippen LogP contribution in [0.4, 0.5) is 5.69 Å². The maximum atomic E-state index is 12.9. The zero-order chi connectivity index (χ0) is 18.3. The van der Waals surface area contributed by atoms with E-state index in [1.54, 1.807) is 61.8 Å². The molecule has 0 unspecified atom stereocenters. The van der Waals surface area contributed by atoms with Crippen molar-refractivity contribution in [2.24, 2.45) is 0 Å². The van der Waals surface area contributed by atoms with E-state index in [-0.39, 0.29) is 16.1 Å². The molecule has 0 spiro atoms. The first kappa shape index (κ1) is 15.8. The number of rotatable bonds is 1. The minimum Gasteiger partial charge on any atom is -0.310 e. The predicted octanol–water partition coefficient (Wildman–Crippen LogP) is -0.0632. The summed E-state index contributed by atoms with van der Waals surface area (Å²) in [6.07, 6.45) is 3.14. The van der Waals surface area contributed by atoms with Gasteiger partial charge in [0.25, 0.3) is 11.5 Å². The summed E-state index contributed by atoms with van der Waals surface area (Å²) in [5.74, 6) is -0.894. The zero-order valence-electron chi connectivity index (χ0n) is 13.8. The van der Waals surface area contributed by atoms with Crippen LogP contribution in [-0.4, -0.2) is 33.9 Å². The number of anilines is 1. The molecule has 3 heterocycles. The number of fused-ring (bicyclic) bond motifs is 1. The Morgan fingerprint density at radius 3 is 2.54 bits per heavy atom. The van der Waals surface area contributed by atoms with Crippen LogP contribution >= 0.6 is 0 Å². The molecule has 0 saturated heterocycles. The molecule has 0 fully saturated rings. The highest BCUT2D eigenvalue weighted by Gasteiger charge is 2.33. The molecule has 4 rings (SSSR count). The van der Waals surface area contributed by atoms with Gasteiger partial charge >= 0.3 is 0 Å². The number of nitrogens with one attached hydrogen (secondary N) is 2. The monoisotopic (exact) mass is 346 g/mol. The number of aromatic amines is 2. The van der Waals surface area contributed by atoms with Crippen molar-refractivity contribution in [1.29, 1.82) is 0 Å². The SMILES string of the molecule is CN1C(=O)C(=c2[nH][nH]c(=O)c2=Cc2ccccn2)C(=O)c2ccccc21. The number of hydrogen-bond donors (Lipinski definition) is 2. The zero-order valence-corrected chi connectivity index (χ0v) is 13.8. The predicted molar refractivity (Wildman–Crippen MR) is 96.1 cm³/mol. The van der Waals surface area contributed by atoms with Gasteiger partial charge in [0, 0.05) is 18.8 Å². The van der Waals surface area contributed by atoms with Crippen LogP contribution in [0.5, 0.6) is 0 Å². The van der Waals surface area contributed by atoms with Gasteiger partial charge < -0.3 is 4.90 Å². The van der Waals surface area contributed by atoms with E-state index in [1.807, 2.05) is 0 Å². The molecule has 1 aliphatic heterocycles. The molecular weight excluding hydrogens is 332 g/mol. The topological polar surface area (TPSA) is 98.9 Å². The first-order valence-electron chi connectivity index (χ1n) is 7.93. The van der Waals surface area contributed by atoms with E-state index < -0.39 is 17.2 Å². The van der Waals surface area contributed by atoms with Crippen LogP contribution in [0.2, 0.25) is 0 Å². The lowest BCUT2D eigenvalue weighted by Crippen LogP contribution is -2.44. The summed E-state index contributed by atoms with van der Waals surface area (Å²) in [6.45, 7) is 0. The summed E-state index contributed by atoms with van der Waals surface area (Å²) in [5.41, 5.74) is 0.991. The molecule has 0 bridgehead atoms. The lowest BCUT2D eigenvalue weighted by Gasteiger charge is -2.25. The third-order valence-corrected chi connectivity index (χ3v) is 4.30. The number of pyridine rings is 1. The van der Waals surface area contributed by atoms with Gasteiger partial charge in [0.2, 0.25) is 5.78 Å². The van der Waals surface area contributed by atoms with E-state index in [0.29, 0.717) is 16.9 Å². The van der Waals surface area contributed by atoms with Crippen molar-refractivity contribution in [1.82, 2.24) is 15.2 Å². The van der Waals surface area contributed by atoms with Crippen LogP contribution in [0.15, 0.2) is 53.5 Å². The maximum absolute atomic E-state index is 12.9. The number of ketones is 1. The summed E-state index contributed by atoms with van der Waals surface area (Å²) in [5, 5.41) is 5.48. The number of H-pyrrole nitrogens is 2. The largest absolute Gasteiger partial charge is 0.310 e. The van der Waals surface area contributed by atoms with Crippen LogP contribution in [0.25, 0.3) is 11.6 Å². The van der Waals surface area contributed by atoms with Crippen molar-refractivity contribution >= 4 is 29.0 Å². The fraction of sp³-hybridized carbons (Fsp3) is 0.0526. The second-order valence-electron chi connectivity index (χ2n) is 5.85. The Morgan fingerprint density at radius 1 is 1.00 bits per heavy atom. The van der Waals surface area contributed by atoms with Crippen molar-refractivity contribution in [2.45, 2.75) is 0 Å². The first-order valence-corrected chi connectivity index (χ1v) is 7.93. The molecule has 0 saturated carbocycles. The van der Waals surface area contributed by atoms with Crippen molar-refractivity contribution < 1.29 is 9.59 Å². The van der Waals surface area contributed by atoms with Gasteiger partial charge in [-0.1, -0.05) is 18.2 Å². The number of aromatic nitrogens is 3. The Bertz CT molecular complexity index is 1210. The molecule has 0 aliphatic carbocycles. The van der Waals surface area contributed by atoms with E-state index in [9.17, 15) is 14.4 Å². The first-order chi connectivity index (χ1) is 12.6. The molecule has 2 N–H and O–H groups in total. The summed E-state index contributed by atoms with van der Waals surface area (Å²) < 4.78 is 0. The number of nitrogens with zero attached hydrogens (tertiary/aromatic N) is 2. The van der Waals surface area contributed by atoms with Crippen LogP contribution in [0.1, 0.15) is 16.1 Å². The van der Waals surface area contributed by atoms with Crippen molar-refractivity contribution in [2.75, 3.05) is 11.9 Å². The van der Waals surface area contributed by atoms with E-state index in [4.69, 9.17) is 0 Å². The van der Waals surface area contributed by atoms with E-state index in [2.05, 4.69) is 15.2 Å². The normalized spacial score (nSPS) is 16.8. The van der Waals surface area contributed by atoms with Gasteiger partial charge in [-0.25, -0.2) is 0 Å². The summed E-state index contributed by atoms with van der Waals surface area (Å²) in [4.78, 5) is 43.5. The Labute approximate surface area is 147 Å². The minimum atomic E-state index is -0.473. The molecule has 128 valence electrons. The third kappa shape index (κ3) is 2.37. The van der Waals surface area contributed by atoms with Gasteiger partial charge in [-0.15, -0.1) is 0 Å². The van der Waals surface area contributed by atoms with Crippen molar-refractivity contribution in [3.8, 4) is 0 Å². The Morgan fingerprint density at radius 2 is 1.77 bits per heavy atom. The maximum Gasteiger partial charge on any atom is 0.271 e. The second-order valence-corrected chi connectivity index (χ2v) is 5.85. The van der Waals surface area contributed by atoms with Crippen molar-refractivity contribution in [3.05, 3.63) is 80.8 Å². The number of hydrogen-bond acceptors (Lipinski definition) is 4. The van der Waals surface area contributed by atoms with Gasteiger partial charge in [-0.05, 0) is 30.3 Å². The smallest absolute Gasteiger partial charge is 0.271 e. The molecule has 1 amide bonds.